The maximum Gasteiger partial charge on any atom is 0.132 e. The van der Waals surface area contributed by atoms with Crippen molar-refractivity contribution in [1.29, 1.82) is 0 Å². The third kappa shape index (κ3) is 2.41. The SMILES string of the molecule is Cc1cc(F)cc(C(O)c2cccc(C)c2F)c1. The fourth-order valence-corrected chi connectivity index (χ4v) is 1.98. The second kappa shape index (κ2) is 4.86. The van der Waals surface area contributed by atoms with Crippen LogP contribution in [0.5, 0.6) is 0 Å². The van der Waals surface area contributed by atoms with Crippen molar-refractivity contribution < 1.29 is 13.9 Å². The molecule has 0 amide bonds. The zero-order chi connectivity index (χ0) is 13.3. The van der Waals surface area contributed by atoms with Crippen LogP contribution in [0.2, 0.25) is 0 Å². The second-order valence-electron chi connectivity index (χ2n) is 4.44. The number of hydrogen-bond acceptors (Lipinski definition) is 1. The van der Waals surface area contributed by atoms with Crippen LogP contribution in [-0.4, -0.2) is 5.11 Å². The molecule has 0 aliphatic carbocycles. The largest absolute Gasteiger partial charge is 0.384 e. The van der Waals surface area contributed by atoms with E-state index in [4.69, 9.17) is 0 Å². The number of aliphatic hydroxyl groups excluding tert-OH is 1. The lowest BCUT2D eigenvalue weighted by atomic mass is 9.98. The van der Waals surface area contributed by atoms with Crippen LogP contribution in [0.1, 0.15) is 28.4 Å². The molecule has 1 atom stereocenters. The lowest BCUT2D eigenvalue weighted by Crippen LogP contribution is -2.04. The van der Waals surface area contributed by atoms with Crippen LogP contribution in [0.15, 0.2) is 36.4 Å². The Hall–Kier alpha value is -1.74. The molecule has 0 aliphatic rings. The predicted molar refractivity (Wildman–Crippen MR) is 66.3 cm³/mol. The highest BCUT2D eigenvalue weighted by atomic mass is 19.1. The number of hydrogen-bond donors (Lipinski definition) is 1. The lowest BCUT2D eigenvalue weighted by molar-refractivity contribution is 0.214. The molecule has 1 unspecified atom stereocenters. The van der Waals surface area contributed by atoms with Gasteiger partial charge in [0.15, 0.2) is 0 Å². The van der Waals surface area contributed by atoms with E-state index < -0.39 is 17.7 Å². The van der Waals surface area contributed by atoms with E-state index in [1.807, 2.05) is 0 Å². The summed E-state index contributed by atoms with van der Waals surface area (Å²) < 4.78 is 27.2. The van der Waals surface area contributed by atoms with Crippen LogP contribution in [-0.2, 0) is 0 Å². The van der Waals surface area contributed by atoms with E-state index in [1.165, 1.54) is 18.2 Å². The van der Waals surface area contributed by atoms with Crippen LogP contribution in [0.3, 0.4) is 0 Å². The van der Waals surface area contributed by atoms with Gasteiger partial charge in [0.2, 0.25) is 0 Å². The molecule has 0 aromatic heterocycles. The third-order valence-corrected chi connectivity index (χ3v) is 2.90. The quantitative estimate of drug-likeness (QED) is 0.859. The normalized spacial score (nSPS) is 12.5. The zero-order valence-corrected chi connectivity index (χ0v) is 10.2. The summed E-state index contributed by atoms with van der Waals surface area (Å²) in [5.41, 5.74) is 1.67. The fourth-order valence-electron chi connectivity index (χ4n) is 1.98. The van der Waals surface area contributed by atoms with Gasteiger partial charge in [-0.05, 0) is 42.7 Å². The van der Waals surface area contributed by atoms with Gasteiger partial charge >= 0.3 is 0 Å². The maximum atomic E-state index is 13.9. The molecule has 0 fully saturated rings. The first kappa shape index (κ1) is 12.7. The van der Waals surface area contributed by atoms with Crippen molar-refractivity contribution in [2.24, 2.45) is 0 Å². The maximum absolute atomic E-state index is 13.9. The first-order chi connectivity index (χ1) is 8.49. The minimum atomic E-state index is -1.15. The lowest BCUT2D eigenvalue weighted by Gasteiger charge is -2.14. The van der Waals surface area contributed by atoms with Crippen molar-refractivity contribution in [2.75, 3.05) is 0 Å². The van der Waals surface area contributed by atoms with Crippen LogP contribution >= 0.6 is 0 Å². The monoisotopic (exact) mass is 248 g/mol. The summed E-state index contributed by atoms with van der Waals surface area (Å²) >= 11 is 0. The summed E-state index contributed by atoms with van der Waals surface area (Å²) in [6.45, 7) is 3.36. The highest BCUT2D eigenvalue weighted by Gasteiger charge is 2.16. The Balaban J connectivity index is 2.47. The summed E-state index contributed by atoms with van der Waals surface area (Å²) in [5, 5.41) is 10.1. The van der Waals surface area contributed by atoms with Crippen molar-refractivity contribution >= 4 is 0 Å². The van der Waals surface area contributed by atoms with Gasteiger partial charge in [-0.2, -0.15) is 0 Å². The molecule has 1 N–H and O–H groups in total. The van der Waals surface area contributed by atoms with Gasteiger partial charge in [-0.3, -0.25) is 0 Å². The average molecular weight is 248 g/mol. The molecule has 0 saturated heterocycles. The number of benzene rings is 2. The summed E-state index contributed by atoms with van der Waals surface area (Å²) in [7, 11) is 0. The van der Waals surface area contributed by atoms with Crippen molar-refractivity contribution in [3.05, 3.63) is 70.3 Å². The van der Waals surface area contributed by atoms with Crippen molar-refractivity contribution in [2.45, 2.75) is 20.0 Å². The smallest absolute Gasteiger partial charge is 0.132 e. The Kier molecular flexibility index (Phi) is 3.43. The van der Waals surface area contributed by atoms with E-state index in [1.54, 1.807) is 32.0 Å². The van der Waals surface area contributed by atoms with Crippen molar-refractivity contribution in [3.8, 4) is 0 Å². The molecule has 94 valence electrons. The number of halogens is 2. The van der Waals surface area contributed by atoms with Crippen molar-refractivity contribution in [3.63, 3.8) is 0 Å². The van der Waals surface area contributed by atoms with Gasteiger partial charge in [0.05, 0.1) is 0 Å². The predicted octanol–water partition coefficient (Wildman–Crippen LogP) is 3.66. The molecule has 1 nitrogen and oxygen atoms in total. The molecule has 0 spiro atoms. The minimum absolute atomic E-state index is 0.167. The molecule has 0 heterocycles. The summed E-state index contributed by atoms with van der Waals surface area (Å²) in [6.07, 6.45) is -1.15. The van der Waals surface area contributed by atoms with Gasteiger partial charge in [-0.1, -0.05) is 24.3 Å². The topological polar surface area (TPSA) is 20.2 Å². The van der Waals surface area contributed by atoms with Gasteiger partial charge in [0.1, 0.15) is 17.7 Å². The molecule has 3 heteroatoms. The minimum Gasteiger partial charge on any atom is -0.384 e. The highest BCUT2D eigenvalue weighted by molar-refractivity contribution is 5.35. The van der Waals surface area contributed by atoms with E-state index in [0.717, 1.165) is 0 Å². The van der Waals surface area contributed by atoms with E-state index in [2.05, 4.69) is 0 Å². The summed E-state index contributed by atoms with van der Waals surface area (Å²) in [4.78, 5) is 0. The number of aliphatic hydroxyl groups is 1. The number of rotatable bonds is 2. The molecule has 18 heavy (non-hydrogen) atoms. The Morgan fingerprint density at radius 1 is 1.06 bits per heavy atom. The number of aryl methyl sites for hydroxylation is 2. The Bertz CT molecular complexity index is 558. The average Bonchev–Trinajstić information content (AvgIpc) is 2.30. The fraction of sp³-hybridized carbons (Fsp3) is 0.200. The molecule has 0 radical (unpaired) electrons. The van der Waals surface area contributed by atoms with E-state index >= 15 is 0 Å². The van der Waals surface area contributed by atoms with Crippen LogP contribution < -0.4 is 0 Å². The first-order valence-electron chi connectivity index (χ1n) is 5.69. The standard InChI is InChI=1S/C15H14F2O/c1-9-6-11(8-12(16)7-9)15(18)13-5-3-4-10(2)14(13)17/h3-8,15,18H,1-2H3. The van der Waals surface area contributed by atoms with E-state index in [9.17, 15) is 13.9 Å². The van der Waals surface area contributed by atoms with Crippen LogP contribution in [0, 0.1) is 25.5 Å². The second-order valence-corrected chi connectivity index (χ2v) is 4.44. The third-order valence-electron chi connectivity index (χ3n) is 2.90. The Morgan fingerprint density at radius 3 is 2.44 bits per heavy atom. The van der Waals surface area contributed by atoms with Gasteiger partial charge in [0, 0.05) is 5.56 Å². The Morgan fingerprint density at radius 2 is 1.78 bits per heavy atom. The van der Waals surface area contributed by atoms with Crippen LogP contribution in [0.25, 0.3) is 0 Å². The first-order valence-corrected chi connectivity index (χ1v) is 5.69. The van der Waals surface area contributed by atoms with E-state index in [-0.39, 0.29) is 5.56 Å². The molecule has 2 rings (SSSR count). The van der Waals surface area contributed by atoms with Gasteiger partial charge in [0.25, 0.3) is 0 Å². The molecular formula is C15H14F2O. The van der Waals surface area contributed by atoms with E-state index in [0.29, 0.717) is 16.7 Å². The molecule has 0 bridgehead atoms. The van der Waals surface area contributed by atoms with Gasteiger partial charge in [-0.15, -0.1) is 0 Å². The molecule has 2 aromatic carbocycles. The van der Waals surface area contributed by atoms with Gasteiger partial charge < -0.3 is 5.11 Å². The molecule has 0 saturated carbocycles. The Labute approximate surface area is 105 Å². The molecular weight excluding hydrogens is 234 g/mol. The zero-order valence-electron chi connectivity index (χ0n) is 10.2. The summed E-state index contributed by atoms with van der Waals surface area (Å²) in [6, 6.07) is 9.04. The molecule has 2 aromatic rings. The van der Waals surface area contributed by atoms with Crippen LogP contribution in [0.4, 0.5) is 8.78 Å². The highest BCUT2D eigenvalue weighted by Crippen LogP contribution is 2.26. The van der Waals surface area contributed by atoms with Gasteiger partial charge in [-0.25, -0.2) is 8.78 Å². The summed E-state index contributed by atoms with van der Waals surface area (Å²) in [5.74, 6) is -0.885. The molecule has 0 aliphatic heterocycles. The van der Waals surface area contributed by atoms with Crippen molar-refractivity contribution in [1.82, 2.24) is 0 Å².